The second-order valence-electron chi connectivity index (χ2n) is 4.42. The van der Waals surface area contributed by atoms with Crippen molar-refractivity contribution < 1.29 is 8.42 Å². The molecular weight excluding hydrogens is 381 g/mol. The normalized spacial score (nSPS) is 19.3. The molecular formula is C10H12BrCl2NO2S2. The Kier molecular flexibility index (Phi) is 4.67. The molecule has 102 valence electrons. The van der Waals surface area contributed by atoms with Gasteiger partial charge in [-0.1, -0.05) is 52.0 Å². The molecule has 0 bridgehead atoms. The molecule has 8 heteroatoms. The maximum absolute atomic E-state index is 12.3. The van der Waals surface area contributed by atoms with E-state index in [0.717, 1.165) is 37.0 Å². The highest BCUT2D eigenvalue weighted by Gasteiger charge is 2.38. The summed E-state index contributed by atoms with van der Waals surface area (Å²) in [6.45, 7) is 0. The minimum absolute atomic E-state index is 0.0754. The van der Waals surface area contributed by atoms with Crippen molar-refractivity contribution in [3.8, 4) is 0 Å². The molecule has 3 nitrogen and oxygen atoms in total. The van der Waals surface area contributed by atoms with Gasteiger partial charge in [-0.2, -0.15) is 0 Å². The number of alkyl halides is 1. The predicted molar refractivity (Wildman–Crippen MR) is 79.7 cm³/mol. The Hall–Kier alpha value is 0.670. The predicted octanol–water partition coefficient (Wildman–Crippen LogP) is 4.04. The Morgan fingerprint density at radius 2 is 2.00 bits per heavy atom. The summed E-state index contributed by atoms with van der Waals surface area (Å²) >= 11 is 16.2. The number of nitrogens with one attached hydrogen (secondary N) is 1. The van der Waals surface area contributed by atoms with Crippen LogP contribution in [0.3, 0.4) is 0 Å². The molecule has 0 spiro atoms. The summed E-state index contributed by atoms with van der Waals surface area (Å²) < 4.78 is 28.0. The van der Waals surface area contributed by atoms with Gasteiger partial charge in [-0.3, -0.25) is 0 Å². The fraction of sp³-hybridized carbons (Fsp3) is 0.600. The van der Waals surface area contributed by atoms with Crippen LogP contribution in [0.25, 0.3) is 0 Å². The van der Waals surface area contributed by atoms with Gasteiger partial charge in [-0.15, -0.1) is 11.3 Å². The number of halogens is 3. The molecule has 0 saturated heterocycles. The average molecular weight is 393 g/mol. The van der Waals surface area contributed by atoms with Crippen LogP contribution >= 0.6 is 50.5 Å². The lowest BCUT2D eigenvalue weighted by atomic mass is 10.0. The number of hydrogen-bond donors (Lipinski definition) is 1. The summed E-state index contributed by atoms with van der Waals surface area (Å²) in [7, 11) is -3.61. The highest BCUT2D eigenvalue weighted by molar-refractivity contribution is 9.09. The number of hydrogen-bond acceptors (Lipinski definition) is 3. The van der Waals surface area contributed by atoms with Gasteiger partial charge in [0.2, 0.25) is 10.0 Å². The zero-order valence-electron chi connectivity index (χ0n) is 9.38. The minimum Gasteiger partial charge on any atom is -0.207 e. The quantitative estimate of drug-likeness (QED) is 0.785. The molecule has 1 aromatic heterocycles. The largest absolute Gasteiger partial charge is 0.243 e. The molecule has 0 unspecified atom stereocenters. The van der Waals surface area contributed by atoms with E-state index in [0.29, 0.717) is 9.67 Å². The summed E-state index contributed by atoms with van der Waals surface area (Å²) in [5.74, 6) is 0. The highest BCUT2D eigenvalue weighted by atomic mass is 79.9. The van der Waals surface area contributed by atoms with Crippen LogP contribution < -0.4 is 4.72 Å². The standard InChI is InChI=1S/C10H12BrCl2NO2S2/c11-6-10(3-1-2-4-10)14-18(15,16)7-5-8(12)17-9(7)13/h5,14H,1-4,6H2. The molecule has 1 saturated carbocycles. The van der Waals surface area contributed by atoms with Crippen molar-refractivity contribution in [3.05, 3.63) is 14.7 Å². The van der Waals surface area contributed by atoms with E-state index in [1.165, 1.54) is 6.07 Å². The van der Waals surface area contributed by atoms with Gasteiger partial charge in [-0.25, -0.2) is 13.1 Å². The number of sulfonamides is 1. The lowest BCUT2D eigenvalue weighted by molar-refractivity contribution is 0.438. The molecule has 1 fully saturated rings. The van der Waals surface area contributed by atoms with E-state index in [2.05, 4.69) is 20.7 Å². The topological polar surface area (TPSA) is 46.2 Å². The van der Waals surface area contributed by atoms with Crippen LogP contribution in [-0.2, 0) is 10.0 Å². The molecule has 0 radical (unpaired) electrons. The average Bonchev–Trinajstić information content (AvgIpc) is 2.86. The summed E-state index contributed by atoms with van der Waals surface area (Å²) in [5, 5.41) is 0.606. The van der Waals surface area contributed by atoms with E-state index >= 15 is 0 Å². The van der Waals surface area contributed by atoms with Gasteiger partial charge in [0, 0.05) is 10.9 Å². The number of thiophene rings is 1. The van der Waals surface area contributed by atoms with E-state index in [1.54, 1.807) is 0 Å². The van der Waals surface area contributed by atoms with E-state index < -0.39 is 15.6 Å². The third kappa shape index (κ3) is 3.04. The molecule has 0 aromatic carbocycles. The van der Waals surface area contributed by atoms with E-state index in [-0.39, 0.29) is 9.23 Å². The van der Waals surface area contributed by atoms with Crippen LogP contribution in [-0.4, -0.2) is 19.3 Å². The summed E-state index contributed by atoms with van der Waals surface area (Å²) in [6, 6.07) is 1.40. The molecule has 0 atom stereocenters. The summed E-state index contributed by atoms with van der Waals surface area (Å²) in [5.41, 5.74) is -0.392. The first-order valence-corrected chi connectivity index (χ1v) is 9.61. The molecule has 2 rings (SSSR count). The van der Waals surface area contributed by atoms with Crippen LogP contribution in [0.2, 0.25) is 8.67 Å². The smallest absolute Gasteiger partial charge is 0.207 e. The molecule has 1 heterocycles. The van der Waals surface area contributed by atoms with Gasteiger partial charge in [0.05, 0.1) is 4.34 Å². The Balaban J connectivity index is 2.29. The highest BCUT2D eigenvalue weighted by Crippen LogP contribution is 2.37. The molecule has 1 aliphatic carbocycles. The van der Waals surface area contributed by atoms with E-state index in [1.807, 2.05) is 0 Å². The van der Waals surface area contributed by atoms with Crippen molar-refractivity contribution in [1.29, 1.82) is 0 Å². The van der Waals surface area contributed by atoms with Gasteiger partial charge < -0.3 is 0 Å². The molecule has 0 aliphatic heterocycles. The van der Waals surface area contributed by atoms with Crippen LogP contribution in [0.1, 0.15) is 25.7 Å². The Labute approximate surface area is 129 Å². The second kappa shape index (κ2) is 5.58. The molecule has 1 aromatic rings. The van der Waals surface area contributed by atoms with Crippen LogP contribution in [0.4, 0.5) is 0 Å². The molecule has 1 aliphatic rings. The van der Waals surface area contributed by atoms with Gasteiger partial charge in [0.15, 0.2) is 0 Å². The Bertz CT molecular complexity index is 538. The van der Waals surface area contributed by atoms with Crippen LogP contribution in [0.15, 0.2) is 11.0 Å². The zero-order valence-corrected chi connectivity index (χ0v) is 14.1. The number of rotatable bonds is 4. The van der Waals surface area contributed by atoms with Crippen LogP contribution in [0, 0.1) is 0 Å². The lowest BCUT2D eigenvalue weighted by Crippen LogP contribution is -2.47. The fourth-order valence-corrected chi connectivity index (χ4v) is 6.66. The minimum atomic E-state index is -3.61. The molecule has 18 heavy (non-hydrogen) atoms. The van der Waals surface area contributed by atoms with Crippen molar-refractivity contribution in [1.82, 2.24) is 4.72 Å². The first kappa shape index (κ1) is 15.1. The van der Waals surface area contributed by atoms with Crippen molar-refractivity contribution in [2.24, 2.45) is 0 Å². The van der Waals surface area contributed by atoms with Gasteiger partial charge in [-0.05, 0) is 18.9 Å². The van der Waals surface area contributed by atoms with Crippen LogP contribution in [0.5, 0.6) is 0 Å². The lowest BCUT2D eigenvalue weighted by Gasteiger charge is -2.27. The van der Waals surface area contributed by atoms with Gasteiger partial charge >= 0.3 is 0 Å². The maximum Gasteiger partial charge on any atom is 0.243 e. The molecule has 0 amide bonds. The van der Waals surface area contributed by atoms with Crippen molar-refractivity contribution in [3.63, 3.8) is 0 Å². The van der Waals surface area contributed by atoms with Crippen molar-refractivity contribution in [2.75, 3.05) is 5.33 Å². The van der Waals surface area contributed by atoms with Gasteiger partial charge in [0.1, 0.15) is 9.23 Å². The van der Waals surface area contributed by atoms with E-state index in [4.69, 9.17) is 23.2 Å². The first-order chi connectivity index (χ1) is 8.38. The first-order valence-electron chi connectivity index (χ1n) is 5.43. The Morgan fingerprint density at radius 3 is 2.44 bits per heavy atom. The summed E-state index contributed by atoms with van der Waals surface area (Å²) in [6.07, 6.45) is 3.75. The van der Waals surface area contributed by atoms with Gasteiger partial charge in [0.25, 0.3) is 0 Å². The summed E-state index contributed by atoms with van der Waals surface area (Å²) in [4.78, 5) is 0.0754. The van der Waals surface area contributed by atoms with Crippen molar-refractivity contribution >= 4 is 60.5 Å². The molecule has 1 N–H and O–H groups in total. The van der Waals surface area contributed by atoms with E-state index in [9.17, 15) is 8.42 Å². The monoisotopic (exact) mass is 391 g/mol. The zero-order chi connectivity index (χ0) is 13.4. The maximum atomic E-state index is 12.3. The third-order valence-electron chi connectivity index (χ3n) is 3.08. The SMILES string of the molecule is O=S(=O)(NC1(CBr)CCCC1)c1cc(Cl)sc1Cl. The third-order valence-corrected chi connectivity index (χ3v) is 7.49. The van der Waals surface area contributed by atoms with Crippen molar-refractivity contribution in [2.45, 2.75) is 36.1 Å². The second-order valence-corrected chi connectivity index (χ2v) is 8.91. The fourth-order valence-electron chi connectivity index (χ4n) is 2.16. The Morgan fingerprint density at radius 1 is 1.39 bits per heavy atom.